The van der Waals surface area contributed by atoms with Crippen LogP contribution in [0.4, 0.5) is 0 Å². The van der Waals surface area contributed by atoms with E-state index in [9.17, 15) is 0 Å². The van der Waals surface area contributed by atoms with E-state index in [1.807, 2.05) is 0 Å². The van der Waals surface area contributed by atoms with Gasteiger partial charge in [0.15, 0.2) is 4.96 Å². The fourth-order valence-electron chi connectivity index (χ4n) is 2.86. The number of hydrogen-bond acceptors (Lipinski definition) is 4. The van der Waals surface area contributed by atoms with Crippen molar-refractivity contribution in [1.82, 2.24) is 14.7 Å². The van der Waals surface area contributed by atoms with Crippen LogP contribution in [0.2, 0.25) is 0 Å². The highest BCUT2D eigenvalue weighted by Gasteiger charge is 2.37. The molecular weight excluding hydrogens is 270 g/mol. The van der Waals surface area contributed by atoms with Crippen molar-refractivity contribution >= 4 is 16.3 Å². The molecule has 5 heteroatoms. The van der Waals surface area contributed by atoms with Crippen molar-refractivity contribution < 1.29 is 4.74 Å². The van der Waals surface area contributed by atoms with Crippen molar-refractivity contribution in [2.75, 3.05) is 13.2 Å². The lowest BCUT2D eigenvalue weighted by atomic mass is 10.0. The van der Waals surface area contributed by atoms with E-state index in [1.54, 1.807) is 11.3 Å². The van der Waals surface area contributed by atoms with Gasteiger partial charge in [0.25, 0.3) is 0 Å². The minimum atomic E-state index is 0.333. The molecule has 4 nitrogen and oxygen atoms in total. The van der Waals surface area contributed by atoms with Crippen molar-refractivity contribution in [3.05, 3.63) is 23.5 Å². The molecule has 1 saturated carbocycles. The molecule has 0 aliphatic heterocycles. The first kappa shape index (κ1) is 14.0. The highest BCUT2D eigenvalue weighted by Crippen LogP contribution is 2.36. The second-order valence-corrected chi connectivity index (χ2v) is 6.32. The average Bonchev–Trinajstić information content (AvgIpc) is 3.05. The molecule has 20 heavy (non-hydrogen) atoms. The molecule has 0 amide bonds. The van der Waals surface area contributed by atoms with E-state index >= 15 is 0 Å². The minimum absolute atomic E-state index is 0.333. The molecule has 0 bridgehead atoms. The summed E-state index contributed by atoms with van der Waals surface area (Å²) < 4.78 is 8.12. The van der Waals surface area contributed by atoms with Crippen LogP contribution in [0.5, 0.6) is 0 Å². The third-order valence-electron chi connectivity index (χ3n) is 3.88. The van der Waals surface area contributed by atoms with Crippen LogP contribution < -0.4 is 5.32 Å². The van der Waals surface area contributed by atoms with E-state index in [4.69, 9.17) is 9.72 Å². The first-order valence-electron chi connectivity index (χ1n) is 7.57. The van der Waals surface area contributed by atoms with Crippen molar-refractivity contribution in [3.8, 4) is 0 Å². The SMILES string of the molecule is CCNC(Cc1cn2ccsc2n1)C(OCC)C1CC1. The fourth-order valence-corrected chi connectivity index (χ4v) is 3.58. The molecule has 0 radical (unpaired) electrons. The zero-order valence-electron chi connectivity index (χ0n) is 12.2. The van der Waals surface area contributed by atoms with Crippen LogP contribution in [0.25, 0.3) is 4.96 Å². The topological polar surface area (TPSA) is 38.6 Å². The predicted molar refractivity (Wildman–Crippen MR) is 82.4 cm³/mol. The Labute approximate surface area is 124 Å². The molecular formula is C15H23N3OS. The summed E-state index contributed by atoms with van der Waals surface area (Å²) in [7, 11) is 0. The van der Waals surface area contributed by atoms with Crippen LogP contribution in [0.3, 0.4) is 0 Å². The van der Waals surface area contributed by atoms with Gasteiger partial charge in [-0.3, -0.25) is 4.40 Å². The van der Waals surface area contributed by atoms with Crippen LogP contribution in [-0.2, 0) is 11.2 Å². The maximum Gasteiger partial charge on any atom is 0.193 e. The maximum atomic E-state index is 6.01. The number of rotatable bonds is 8. The molecule has 2 unspecified atom stereocenters. The summed E-state index contributed by atoms with van der Waals surface area (Å²) in [4.78, 5) is 5.78. The quantitative estimate of drug-likeness (QED) is 0.813. The molecule has 2 atom stereocenters. The standard InChI is InChI=1S/C15H23N3OS/c1-3-16-13(14(19-4-2)11-5-6-11)9-12-10-18-7-8-20-15(18)17-12/h7-8,10-11,13-14,16H,3-6,9H2,1-2H3. The second-order valence-electron chi connectivity index (χ2n) is 5.45. The molecule has 1 N–H and O–H groups in total. The maximum absolute atomic E-state index is 6.01. The fraction of sp³-hybridized carbons (Fsp3) is 0.667. The van der Waals surface area contributed by atoms with Gasteiger partial charge in [0.2, 0.25) is 0 Å². The van der Waals surface area contributed by atoms with E-state index in [-0.39, 0.29) is 0 Å². The summed E-state index contributed by atoms with van der Waals surface area (Å²) >= 11 is 1.69. The first-order valence-corrected chi connectivity index (χ1v) is 8.45. The summed E-state index contributed by atoms with van der Waals surface area (Å²) in [5.41, 5.74) is 1.16. The van der Waals surface area contributed by atoms with E-state index in [0.717, 1.165) is 36.1 Å². The van der Waals surface area contributed by atoms with Gasteiger partial charge in [0.1, 0.15) is 0 Å². The van der Waals surface area contributed by atoms with Gasteiger partial charge in [0.05, 0.1) is 11.8 Å². The van der Waals surface area contributed by atoms with Gasteiger partial charge in [0, 0.05) is 36.8 Å². The van der Waals surface area contributed by atoms with Crippen LogP contribution in [-0.4, -0.2) is 34.7 Å². The molecule has 2 aromatic rings. The van der Waals surface area contributed by atoms with Gasteiger partial charge >= 0.3 is 0 Å². The molecule has 0 saturated heterocycles. The summed E-state index contributed by atoms with van der Waals surface area (Å²) in [6.45, 7) is 6.02. The summed E-state index contributed by atoms with van der Waals surface area (Å²) in [6, 6.07) is 0.372. The Balaban J connectivity index is 1.73. The van der Waals surface area contributed by atoms with Gasteiger partial charge in [-0.25, -0.2) is 4.98 Å². The average molecular weight is 293 g/mol. The Morgan fingerprint density at radius 2 is 2.35 bits per heavy atom. The van der Waals surface area contributed by atoms with E-state index in [2.05, 4.69) is 41.3 Å². The highest BCUT2D eigenvalue weighted by atomic mass is 32.1. The summed E-state index contributed by atoms with van der Waals surface area (Å²) in [5, 5.41) is 5.67. The lowest BCUT2D eigenvalue weighted by Crippen LogP contribution is -2.44. The van der Waals surface area contributed by atoms with Crippen molar-refractivity contribution in [3.63, 3.8) is 0 Å². The van der Waals surface area contributed by atoms with Crippen LogP contribution in [0, 0.1) is 5.92 Å². The highest BCUT2D eigenvalue weighted by molar-refractivity contribution is 7.15. The number of aromatic nitrogens is 2. The monoisotopic (exact) mass is 293 g/mol. The van der Waals surface area contributed by atoms with Gasteiger partial charge < -0.3 is 10.1 Å². The third-order valence-corrected chi connectivity index (χ3v) is 4.65. The number of nitrogens with one attached hydrogen (secondary N) is 1. The first-order chi connectivity index (χ1) is 9.81. The van der Waals surface area contributed by atoms with Gasteiger partial charge in [-0.1, -0.05) is 6.92 Å². The normalized spacial score (nSPS) is 18.5. The Kier molecular flexibility index (Phi) is 4.38. The van der Waals surface area contributed by atoms with Gasteiger partial charge in [-0.2, -0.15) is 0 Å². The van der Waals surface area contributed by atoms with Gasteiger partial charge in [-0.15, -0.1) is 11.3 Å². The molecule has 0 aromatic carbocycles. The summed E-state index contributed by atoms with van der Waals surface area (Å²) in [6.07, 6.45) is 8.12. The van der Waals surface area contributed by atoms with Crippen LogP contribution in [0.15, 0.2) is 17.8 Å². The summed E-state index contributed by atoms with van der Waals surface area (Å²) in [5.74, 6) is 0.739. The van der Waals surface area contributed by atoms with Crippen LogP contribution >= 0.6 is 11.3 Å². The van der Waals surface area contributed by atoms with E-state index in [0.29, 0.717) is 12.1 Å². The molecule has 2 aromatic heterocycles. The zero-order valence-corrected chi connectivity index (χ0v) is 13.0. The number of nitrogens with zero attached hydrogens (tertiary/aromatic N) is 2. The van der Waals surface area contributed by atoms with Crippen molar-refractivity contribution in [2.24, 2.45) is 5.92 Å². The number of fused-ring (bicyclic) bond motifs is 1. The predicted octanol–water partition coefficient (Wildman–Crippen LogP) is 2.73. The van der Waals surface area contributed by atoms with Crippen molar-refractivity contribution in [1.29, 1.82) is 0 Å². The lowest BCUT2D eigenvalue weighted by Gasteiger charge is -2.27. The molecule has 1 aliphatic rings. The third kappa shape index (κ3) is 3.05. The number of likely N-dealkylation sites (N-methyl/N-ethyl adjacent to an activating group) is 1. The Morgan fingerprint density at radius 1 is 1.50 bits per heavy atom. The molecule has 1 fully saturated rings. The number of thiazole rings is 1. The lowest BCUT2D eigenvalue weighted by molar-refractivity contribution is 0.0194. The Hall–Kier alpha value is -0.910. The van der Waals surface area contributed by atoms with Crippen molar-refractivity contribution in [2.45, 2.75) is 45.3 Å². The van der Waals surface area contributed by atoms with E-state index < -0.39 is 0 Å². The largest absolute Gasteiger partial charge is 0.377 e. The minimum Gasteiger partial charge on any atom is -0.377 e. The molecule has 1 aliphatic carbocycles. The number of hydrogen-bond donors (Lipinski definition) is 1. The van der Waals surface area contributed by atoms with Crippen LogP contribution in [0.1, 0.15) is 32.4 Å². The Bertz CT molecular complexity index is 518. The molecule has 110 valence electrons. The van der Waals surface area contributed by atoms with E-state index in [1.165, 1.54) is 12.8 Å². The number of ether oxygens (including phenoxy) is 1. The smallest absolute Gasteiger partial charge is 0.193 e. The Morgan fingerprint density at radius 3 is 3.00 bits per heavy atom. The zero-order chi connectivity index (χ0) is 13.9. The molecule has 3 rings (SSSR count). The van der Waals surface area contributed by atoms with Gasteiger partial charge in [-0.05, 0) is 32.2 Å². The second kappa shape index (κ2) is 6.24. The number of imidazole rings is 1. The molecule has 0 spiro atoms. The molecule has 2 heterocycles.